The number of rotatable bonds is 8. The Balaban J connectivity index is -0.000000122. The van der Waals surface area contributed by atoms with Crippen LogP contribution in [0.3, 0.4) is 0 Å². The number of halogens is 2. The van der Waals surface area contributed by atoms with E-state index in [1.807, 2.05) is 13.8 Å². The molecule has 3 saturated heterocycles. The molecule has 0 bridgehead atoms. The van der Waals surface area contributed by atoms with Gasteiger partial charge < -0.3 is 11.1 Å². The maximum absolute atomic E-state index is 11.3. The molecule has 43 heavy (non-hydrogen) atoms. The van der Waals surface area contributed by atoms with Crippen molar-refractivity contribution in [2.75, 3.05) is 39.3 Å². The van der Waals surface area contributed by atoms with Crippen LogP contribution in [0.5, 0.6) is 0 Å². The van der Waals surface area contributed by atoms with E-state index in [2.05, 4.69) is 81.9 Å². The number of likely N-dealkylation sites (tertiary alicyclic amines) is 3. The van der Waals surface area contributed by atoms with Crippen molar-refractivity contribution in [2.24, 2.45) is 5.73 Å². The Morgan fingerprint density at radius 2 is 0.791 bits per heavy atom. The maximum Gasteiger partial charge on any atom is 0.236 e. The highest BCUT2D eigenvalue weighted by Crippen LogP contribution is 2.12. The Kier molecular flexibility index (Phi) is 42.6. The Hall–Kier alpha value is -0.210. The van der Waals surface area contributed by atoms with Gasteiger partial charge in [0.05, 0.1) is 0 Å². The second-order valence-corrected chi connectivity index (χ2v) is 16.9. The van der Waals surface area contributed by atoms with E-state index in [1.54, 1.807) is 0 Å². The molecule has 3 aliphatic rings. The predicted octanol–water partition coefficient (Wildman–Crippen LogP) is 4.37. The monoisotopic (exact) mass is 875 g/mol. The fourth-order valence-electron chi connectivity index (χ4n) is 3.25. The highest BCUT2D eigenvalue weighted by atomic mass is 127. The van der Waals surface area contributed by atoms with Crippen LogP contribution in [-0.2, 0) is 28.8 Å². The Morgan fingerprint density at radius 1 is 0.605 bits per heavy atom. The zero-order valence-electron chi connectivity index (χ0n) is 23.4. The summed E-state index contributed by atoms with van der Waals surface area (Å²) in [5.74, 6) is -0.687. The first-order chi connectivity index (χ1) is 18.3. The molecule has 0 aliphatic carbocycles. The Labute approximate surface area is 294 Å². The molecule has 2 unspecified atom stereocenters. The first-order valence-corrected chi connectivity index (χ1v) is 16.8. The summed E-state index contributed by atoms with van der Waals surface area (Å²) in [7, 11) is 5.29. The lowest BCUT2D eigenvalue weighted by atomic mass is 10.2. The van der Waals surface area contributed by atoms with E-state index >= 15 is 0 Å². The number of nitrogens with one attached hydrogen (secondary N) is 1. The topological polar surface area (TPSA) is 150 Å². The SMILES string of the molecule is C.C.C.C.CB(P)I.CB(P)I.CC.NCCN1C(=O)CCC1=O.O=C1CCC(=O)N1CCNCCN1C(=O)CCC1=O. The number of nitrogens with zero attached hydrogens (tertiary/aromatic N) is 3. The zero-order chi connectivity index (χ0) is 30.5. The van der Waals surface area contributed by atoms with E-state index in [4.69, 9.17) is 5.73 Å². The van der Waals surface area contributed by atoms with Crippen molar-refractivity contribution in [1.82, 2.24) is 20.0 Å². The normalized spacial score (nSPS) is 14.6. The van der Waals surface area contributed by atoms with Crippen LogP contribution in [0.1, 0.15) is 82.1 Å². The number of nitrogens with two attached hydrogens (primary N) is 1. The molecule has 0 aromatic rings. The average Bonchev–Trinajstić information content (AvgIpc) is 3.47. The molecule has 0 aromatic carbocycles. The molecule has 3 heterocycles. The number of carbonyl (C=O) groups is 6. The molecule has 3 aliphatic heterocycles. The first kappa shape index (κ1) is 55.2. The lowest BCUT2D eigenvalue weighted by Crippen LogP contribution is -2.39. The number of imide groups is 3. The van der Waals surface area contributed by atoms with Crippen LogP contribution in [0, 0.1) is 0 Å². The molecule has 17 heteroatoms. The number of amides is 6. The lowest BCUT2D eigenvalue weighted by Gasteiger charge is -2.16. The molecular weight excluding hydrogens is 816 g/mol. The maximum atomic E-state index is 11.3. The molecule has 254 valence electrons. The second kappa shape index (κ2) is 33.2. The summed E-state index contributed by atoms with van der Waals surface area (Å²) in [6.07, 6.45) is 1.92. The van der Waals surface area contributed by atoms with Crippen molar-refractivity contribution in [3.05, 3.63) is 0 Å². The van der Waals surface area contributed by atoms with Crippen LogP contribution in [0.25, 0.3) is 0 Å². The van der Waals surface area contributed by atoms with Gasteiger partial charge in [0.15, 0.2) is 0 Å². The summed E-state index contributed by atoms with van der Waals surface area (Å²) in [5.41, 5.74) is 5.19. The van der Waals surface area contributed by atoms with E-state index in [0.29, 0.717) is 77.8 Å². The van der Waals surface area contributed by atoms with Crippen molar-refractivity contribution in [3.63, 3.8) is 0 Å². The molecule has 0 saturated carbocycles. The van der Waals surface area contributed by atoms with Crippen molar-refractivity contribution in [2.45, 2.75) is 95.7 Å². The molecule has 3 rings (SSSR count). The van der Waals surface area contributed by atoms with Gasteiger partial charge in [-0.1, -0.05) is 57.2 Å². The van der Waals surface area contributed by atoms with Crippen LogP contribution in [-0.4, -0.2) is 98.0 Å². The van der Waals surface area contributed by atoms with Crippen LogP contribution < -0.4 is 11.1 Å². The van der Waals surface area contributed by atoms with Crippen LogP contribution in [0.2, 0.25) is 13.6 Å². The summed E-state index contributed by atoms with van der Waals surface area (Å²) in [4.78, 5) is 70.7. The molecule has 0 aromatic heterocycles. The number of hydrogen-bond donors (Lipinski definition) is 2. The fourth-order valence-corrected chi connectivity index (χ4v) is 3.25. The quantitative estimate of drug-likeness (QED) is 0.120. The zero-order valence-corrected chi connectivity index (χ0v) is 30.0. The van der Waals surface area contributed by atoms with Gasteiger partial charge in [-0.25, -0.2) is 0 Å². The molecule has 0 radical (unpaired) electrons. The number of carbonyl (C=O) groups excluding carboxylic acids is 6. The Morgan fingerprint density at radius 3 is 0.977 bits per heavy atom. The average molecular weight is 875 g/mol. The molecule has 6 amide bonds. The largest absolute Gasteiger partial charge is 0.329 e. The number of hydrogen-bond acceptors (Lipinski definition) is 8. The van der Waals surface area contributed by atoms with Gasteiger partial charge >= 0.3 is 0 Å². The van der Waals surface area contributed by atoms with Gasteiger partial charge in [0.2, 0.25) is 44.0 Å². The third kappa shape index (κ3) is 26.7. The van der Waals surface area contributed by atoms with Crippen LogP contribution in [0.15, 0.2) is 0 Å². The van der Waals surface area contributed by atoms with Crippen molar-refractivity contribution in [1.29, 1.82) is 0 Å². The van der Waals surface area contributed by atoms with Gasteiger partial charge in [0.25, 0.3) is 0 Å². The molecule has 2 atom stereocenters. The van der Waals surface area contributed by atoms with Gasteiger partial charge in [0, 0.05) is 77.8 Å². The summed E-state index contributed by atoms with van der Waals surface area (Å²) < 4.78 is 1.44. The summed E-state index contributed by atoms with van der Waals surface area (Å²) in [6.45, 7) is 10.6. The van der Waals surface area contributed by atoms with Crippen LogP contribution >= 0.6 is 63.0 Å². The lowest BCUT2D eigenvalue weighted by molar-refractivity contribution is -0.139. The minimum absolute atomic E-state index is 0. The molecular formula is C26H59B2I2N5O6P2. The van der Waals surface area contributed by atoms with E-state index in [-0.39, 0.29) is 65.1 Å². The second-order valence-electron chi connectivity index (χ2n) is 8.21. The van der Waals surface area contributed by atoms with Crippen molar-refractivity contribution < 1.29 is 28.8 Å². The van der Waals surface area contributed by atoms with Gasteiger partial charge in [-0.3, -0.25) is 43.5 Å². The van der Waals surface area contributed by atoms with Gasteiger partial charge in [-0.2, -0.15) is 18.2 Å². The standard InChI is InChI=1S/C12H17N3O4.C6H10N2O2.C2H6.2CH5BIP.4CH4/c16-9-1-2-10(17)14(9)7-5-13-6-8-15-11(18)3-4-12(15)19;7-3-4-8-5(9)1-2-6(8)10;1-2;2*1-2(3)4;;;;/h13H,1-8H2;1-4,7H2;1-2H3;2*4H2,1H3;4*1H4. The van der Waals surface area contributed by atoms with E-state index in [9.17, 15) is 28.8 Å². The Bertz CT molecular complexity index is 720. The fraction of sp³-hybridized carbons (Fsp3) is 0.769. The summed E-state index contributed by atoms with van der Waals surface area (Å²) in [5, 5.41) is 3.03. The summed E-state index contributed by atoms with van der Waals surface area (Å²) >= 11 is 4.61. The van der Waals surface area contributed by atoms with E-state index in [0.717, 1.165) is 8.58 Å². The highest BCUT2D eigenvalue weighted by Gasteiger charge is 2.29. The molecule has 11 nitrogen and oxygen atoms in total. The highest BCUT2D eigenvalue weighted by molar-refractivity contribution is 14.1. The van der Waals surface area contributed by atoms with E-state index < -0.39 is 0 Å². The minimum Gasteiger partial charge on any atom is -0.329 e. The first-order valence-electron chi connectivity index (χ1n) is 13.0. The van der Waals surface area contributed by atoms with Crippen molar-refractivity contribution >= 4 is 107 Å². The molecule has 3 N–H and O–H groups in total. The third-order valence-corrected chi connectivity index (χ3v) is 4.84. The summed E-state index contributed by atoms with van der Waals surface area (Å²) in [6, 6.07) is 0. The van der Waals surface area contributed by atoms with E-state index in [1.165, 1.54) is 14.7 Å². The third-order valence-electron chi connectivity index (χ3n) is 4.84. The predicted molar refractivity (Wildman–Crippen MR) is 209 cm³/mol. The van der Waals surface area contributed by atoms with Gasteiger partial charge in [-0.05, 0) is 0 Å². The smallest absolute Gasteiger partial charge is 0.236 e. The molecule has 0 spiro atoms. The van der Waals surface area contributed by atoms with Gasteiger partial charge in [-0.15, -0.1) is 44.7 Å². The van der Waals surface area contributed by atoms with Crippen LogP contribution in [0.4, 0.5) is 0 Å². The van der Waals surface area contributed by atoms with Crippen molar-refractivity contribution in [3.8, 4) is 0 Å². The molecule has 3 fully saturated rings. The van der Waals surface area contributed by atoms with Gasteiger partial charge in [0.1, 0.15) is 0 Å². The minimum atomic E-state index is -0.128.